The normalized spacial score (nSPS) is 20.9. The molecular formula is C29H39ClFN3OS. The average molecular weight is 532 g/mol. The third-order valence-corrected chi connectivity index (χ3v) is 8.15. The molecule has 4 rings (SSSR count). The molecule has 0 spiro atoms. The molecule has 1 saturated carbocycles. The molecular weight excluding hydrogens is 493 g/mol. The number of benzene rings is 2. The number of anilines is 2. The van der Waals surface area contributed by atoms with Crippen molar-refractivity contribution in [3.8, 4) is 0 Å². The van der Waals surface area contributed by atoms with Gasteiger partial charge in [0.2, 0.25) is 0 Å². The summed E-state index contributed by atoms with van der Waals surface area (Å²) in [5.41, 5.74) is 4.29. The smallest absolute Gasteiger partial charge is 0.116 e. The van der Waals surface area contributed by atoms with E-state index in [0.717, 1.165) is 62.5 Å². The van der Waals surface area contributed by atoms with Gasteiger partial charge in [0, 0.05) is 54.2 Å². The first-order valence-corrected chi connectivity index (χ1v) is 13.9. The van der Waals surface area contributed by atoms with E-state index in [1.165, 1.54) is 11.3 Å². The first-order valence-electron chi connectivity index (χ1n) is 13.1. The van der Waals surface area contributed by atoms with E-state index in [2.05, 4.69) is 60.2 Å². The third-order valence-electron chi connectivity index (χ3n) is 7.41. The van der Waals surface area contributed by atoms with Gasteiger partial charge in [-0.1, -0.05) is 56.7 Å². The average Bonchev–Trinajstić information content (AvgIpc) is 2.89. The van der Waals surface area contributed by atoms with Gasteiger partial charge in [-0.05, 0) is 67.0 Å². The quantitative estimate of drug-likeness (QED) is 0.388. The van der Waals surface area contributed by atoms with Crippen LogP contribution >= 0.6 is 23.8 Å². The zero-order valence-electron chi connectivity index (χ0n) is 21.7. The van der Waals surface area contributed by atoms with E-state index in [0.29, 0.717) is 23.2 Å². The highest BCUT2D eigenvalue weighted by Crippen LogP contribution is 2.28. The molecule has 2 aromatic rings. The number of piperazine rings is 1. The van der Waals surface area contributed by atoms with Gasteiger partial charge in [0.25, 0.3) is 0 Å². The molecule has 0 atom stereocenters. The Balaban J connectivity index is 1.16. The standard InChI is InChI=1S/C29H39ClFN3OS/c1-29(2,3)22-4-9-25(10-5-22)33-14-16-34(17-15-33)28(36)20-35-26-11-6-23(7-12-26)32-24-8-13-27(30)21(18-24)19-31/h4-5,8-10,13,18,23,26,32H,6-7,11-12,14-17,19-20H2,1-3H3. The number of thiocarbonyl (C=S) groups is 1. The van der Waals surface area contributed by atoms with Crippen molar-refractivity contribution in [1.29, 1.82) is 0 Å². The Labute approximate surface area is 226 Å². The number of nitrogens with one attached hydrogen (secondary N) is 1. The Hall–Kier alpha value is -1.89. The second-order valence-electron chi connectivity index (χ2n) is 11.0. The molecule has 0 amide bonds. The summed E-state index contributed by atoms with van der Waals surface area (Å²) in [4.78, 5) is 5.65. The molecule has 7 heteroatoms. The van der Waals surface area contributed by atoms with Crippen LogP contribution in [-0.2, 0) is 16.8 Å². The topological polar surface area (TPSA) is 27.7 Å². The van der Waals surface area contributed by atoms with Gasteiger partial charge in [-0.3, -0.25) is 0 Å². The summed E-state index contributed by atoms with van der Waals surface area (Å²) < 4.78 is 19.3. The van der Waals surface area contributed by atoms with Gasteiger partial charge >= 0.3 is 0 Å². The highest BCUT2D eigenvalue weighted by Gasteiger charge is 2.24. The molecule has 0 unspecified atom stereocenters. The van der Waals surface area contributed by atoms with Crippen molar-refractivity contribution in [2.75, 3.05) is 43.0 Å². The highest BCUT2D eigenvalue weighted by atomic mass is 35.5. The van der Waals surface area contributed by atoms with E-state index < -0.39 is 6.67 Å². The van der Waals surface area contributed by atoms with E-state index in [1.54, 1.807) is 6.07 Å². The lowest BCUT2D eigenvalue weighted by atomic mass is 9.87. The minimum Gasteiger partial charge on any atom is -0.382 e. The van der Waals surface area contributed by atoms with E-state index in [-0.39, 0.29) is 11.5 Å². The summed E-state index contributed by atoms with van der Waals surface area (Å²) in [6, 6.07) is 14.9. The van der Waals surface area contributed by atoms with Crippen LogP contribution in [0.5, 0.6) is 0 Å². The van der Waals surface area contributed by atoms with Gasteiger partial charge in [0.1, 0.15) is 11.7 Å². The minimum absolute atomic E-state index is 0.177. The number of halogens is 2. The largest absolute Gasteiger partial charge is 0.382 e. The third kappa shape index (κ3) is 7.11. The number of ether oxygens (including phenoxy) is 1. The Morgan fingerprint density at radius 2 is 1.69 bits per heavy atom. The van der Waals surface area contributed by atoms with Gasteiger partial charge in [-0.25, -0.2) is 4.39 Å². The Morgan fingerprint density at radius 1 is 1.03 bits per heavy atom. The molecule has 1 saturated heterocycles. The molecule has 1 aliphatic heterocycles. The summed E-state index contributed by atoms with van der Waals surface area (Å²) in [5, 5.41) is 4.01. The maximum Gasteiger partial charge on any atom is 0.116 e. The molecule has 2 fully saturated rings. The number of alkyl halides is 1. The van der Waals surface area contributed by atoms with Crippen molar-refractivity contribution in [3.63, 3.8) is 0 Å². The second kappa shape index (κ2) is 12.1. The Bertz CT molecular complexity index is 1010. The Kier molecular flexibility index (Phi) is 9.13. The fourth-order valence-electron chi connectivity index (χ4n) is 5.04. The van der Waals surface area contributed by atoms with Crippen LogP contribution < -0.4 is 10.2 Å². The predicted octanol–water partition coefficient (Wildman–Crippen LogP) is 7.00. The van der Waals surface area contributed by atoms with Crippen LogP contribution in [0.25, 0.3) is 0 Å². The van der Waals surface area contributed by atoms with Gasteiger partial charge in [-0.15, -0.1) is 0 Å². The summed E-state index contributed by atoms with van der Waals surface area (Å²) in [6.45, 7) is 10.5. The Morgan fingerprint density at radius 3 is 2.31 bits per heavy atom. The summed E-state index contributed by atoms with van der Waals surface area (Å²) in [6.07, 6.45) is 4.30. The van der Waals surface area contributed by atoms with Crippen LogP contribution in [0.3, 0.4) is 0 Å². The molecule has 0 radical (unpaired) electrons. The van der Waals surface area contributed by atoms with Crippen LogP contribution in [0.15, 0.2) is 42.5 Å². The van der Waals surface area contributed by atoms with Gasteiger partial charge in [-0.2, -0.15) is 0 Å². The molecule has 2 aromatic carbocycles. The van der Waals surface area contributed by atoms with E-state index in [4.69, 9.17) is 28.6 Å². The zero-order valence-corrected chi connectivity index (χ0v) is 23.3. The maximum atomic E-state index is 13.1. The van der Waals surface area contributed by atoms with Gasteiger partial charge in [0.05, 0.1) is 12.7 Å². The van der Waals surface area contributed by atoms with Crippen molar-refractivity contribution in [2.24, 2.45) is 0 Å². The lowest BCUT2D eigenvalue weighted by molar-refractivity contribution is 0.0473. The molecule has 196 valence electrons. The van der Waals surface area contributed by atoms with Gasteiger partial charge < -0.3 is 19.9 Å². The van der Waals surface area contributed by atoms with Crippen molar-refractivity contribution in [2.45, 2.75) is 70.7 Å². The van der Waals surface area contributed by atoms with Crippen LogP contribution in [0.1, 0.15) is 57.6 Å². The molecule has 0 bridgehead atoms. The van der Waals surface area contributed by atoms with Crippen LogP contribution in [-0.4, -0.2) is 54.8 Å². The predicted molar refractivity (Wildman–Crippen MR) is 153 cm³/mol. The minimum atomic E-state index is -0.547. The highest BCUT2D eigenvalue weighted by molar-refractivity contribution is 7.80. The number of nitrogens with zero attached hydrogens (tertiary/aromatic N) is 2. The molecule has 1 heterocycles. The lowest BCUT2D eigenvalue weighted by Crippen LogP contribution is -2.49. The van der Waals surface area contributed by atoms with Gasteiger partial charge in [0.15, 0.2) is 0 Å². The second-order valence-corrected chi connectivity index (χ2v) is 11.9. The van der Waals surface area contributed by atoms with Crippen molar-refractivity contribution in [1.82, 2.24) is 4.90 Å². The fourth-order valence-corrected chi connectivity index (χ4v) is 5.46. The summed E-state index contributed by atoms with van der Waals surface area (Å²) in [5.74, 6) is 0. The lowest BCUT2D eigenvalue weighted by Gasteiger charge is -2.38. The van der Waals surface area contributed by atoms with Crippen molar-refractivity contribution < 1.29 is 9.13 Å². The van der Waals surface area contributed by atoms with E-state index in [9.17, 15) is 4.39 Å². The van der Waals surface area contributed by atoms with Crippen LogP contribution in [0.4, 0.5) is 15.8 Å². The number of rotatable bonds is 7. The SMILES string of the molecule is CC(C)(C)c1ccc(N2CCN(C(=S)COC3CCC(Nc4ccc(Cl)c(CF)c4)CC3)CC2)cc1. The maximum absolute atomic E-state index is 13.1. The van der Waals surface area contributed by atoms with Crippen LogP contribution in [0.2, 0.25) is 5.02 Å². The fraction of sp³-hybridized carbons (Fsp3) is 0.552. The molecule has 36 heavy (non-hydrogen) atoms. The number of hydrogen-bond donors (Lipinski definition) is 1. The molecule has 0 aromatic heterocycles. The van der Waals surface area contributed by atoms with Crippen molar-refractivity contribution in [3.05, 3.63) is 58.6 Å². The first-order chi connectivity index (χ1) is 17.2. The van der Waals surface area contributed by atoms with Crippen molar-refractivity contribution >= 4 is 40.2 Å². The monoisotopic (exact) mass is 531 g/mol. The van der Waals surface area contributed by atoms with E-state index >= 15 is 0 Å². The zero-order chi connectivity index (χ0) is 25.7. The molecule has 2 aliphatic rings. The van der Waals surface area contributed by atoms with E-state index in [1.807, 2.05) is 12.1 Å². The number of hydrogen-bond acceptors (Lipinski definition) is 4. The molecule has 4 nitrogen and oxygen atoms in total. The summed E-state index contributed by atoms with van der Waals surface area (Å²) >= 11 is 11.8. The molecule has 1 N–H and O–H groups in total. The summed E-state index contributed by atoms with van der Waals surface area (Å²) in [7, 11) is 0. The first kappa shape index (κ1) is 27.2. The molecule has 1 aliphatic carbocycles. The van der Waals surface area contributed by atoms with Crippen LogP contribution in [0, 0.1) is 0 Å².